The molecule has 2 aliphatic heterocycles. The molecule has 4 aromatic rings. The van der Waals surface area contributed by atoms with Crippen LogP contribution >= 0.6 is 0 Å². The molecule has 0 N–H and O–H groups in total. The van der Waals surface area contributed by atoms with Crippen molar-refractivity contribution in [3.8, 4) is 22.9 Å². The molecule has 253 valence electrons. The van der Waals surface area contributed by atoms with Gasteiger partial charge in [-0.3, -0.25) is 18.9 Å². The molecule has 0 unspecified atom stereocenters. The average Bonchev–Trinajstić information content (AvgIpc) is 3.79. The fourth-order valence-corrected chi connectivity index (χ4v) is 4.46. The van der Waals surface area contributed by atoms with Crippen LogP contribution in [0.25, 0.3) is 22.9 Å². The van der Waals surface area contributed by atoms with Gasteiger partial charge in [-0.1, -0.05) is 17.2 Å². The first kappa shape index (κ1) is 35.6. The molecule has 0 saturated heterocycles. The predicted octanol–water partition coefficient (Wildman–Crippen LogP) is 6.63. The number of anilines is 2. The summed E-state index contributed by atoms with van der Waals surface area (Å²) < 4.78 is 68.5. The van der Waals surface area contributed by atoms with Crippen LogP contribution in [0.1, 0.15) is 39.1 Å². The van der Waals surface area contributed by atoms with Crippen LogP contribution in [0, 0.1) is 44.0 Å². The Morgan fingerprint density at radius 3 is 1.89 bits per heavy atom. The van der Waals surface area contributed by atoms with E-state index in [-0.39, 0.29) is 37.8 Å². The molecule has 1 radical (unpaired) electrons. The second kappa shape index (κ2) is 14.3. The molecular formula is C32H31F5IrN9-5. The van der Waals surface area contributed by atoms with Crippen molar-refractivity contribution in [3.63, 3.8) is 0 Å². The molecule has 6 rings (SSSR count). The maximum Gasteiger partial charge on any atom is 0.394 e. The van der Waals surface area contributed by atoms with Crippen LogP contribution in [0.3, 0.4) is 0 Å². The van der Waals surface area contributed by atoms with Crippen molar-refractivity contribution in [2.45, 2.75) is 52.9 Å². The molecule has 15 heteroatoms. The summed E-state index contributed by atoms with van der Waals surface area (Å²) in [4.78, 5) is 15.5. The van der Waals surface area contributed by atoms with Gasteiger partial charge in [0.2, 0.25) is 0 Å². The van der Waals surface area contributed by atoms with Crippen molar-refractivity contribution in [2.75, 3.05) is 9.80 Å². The molecule has 9 nitrogen and oxygen atoms in total. The first-order valence-corrected chi connectivity index (χ1v) is 14.3. The van der Waals surface area contributed by atoms with E-state index in [0.29, 0.717) is 34.5 Å². The third-order valence-corrected chi connectivity index (χ3v) is 6.98. The Morgan fingerprint density at radius 2 is 1.45 bits per heavy atom. The van der Waals surface area contributed by atoms with Crippen LogP contribution in [0.2, 0.25) is 0 Å². The standard InChI is InChI=1S/C19H22F3N4.C13H9F2N5.Ir/c1-14(2)23-5-7-25(12-23)17-9-16(19(20,21)22)10-18(11-17)26-8-6-24(13-26)15(3)4;1-7-16-12(19-18-7)13-17-11(6-20(13)2)9-4-3-8(14)5-10(9)15;/h5-10,12-15H,1-4H3;3,5-6H,1-2H3;/q-3;-2;. The van der Waals surface area contributed by atoms with Crippen molar-refractivity contribution < 1.29 is 42.1 Å². The Labute approximate surface area is 283 Å². The van der Waals surface area contributed by atoms with Crippen molar-refractivity contribution >= 4 is 11.4 Å². The molecule has 47 heavy (non-hydrogen) atoms. The molecule has 0 saturated carbocycles. The molecule has 0 bridgehead atoms. The number of benzene rings is 2. The van der Waals surface area contributed by atoms with Gasteiger partial charge in [0.15, 0.2) is 0 Å². The number of aryl methyl sites for hydroxylation is 2. The number of aromatic nitrogens is 5. The van der Waals surface area contributed by atoms with Gasteiger partial charge in [0.25, 0.3) is 0 Å². The van der Waals surface area contributed by atoms with Gasteiger partial charge in [-0.05, 0) is 77.7 Å². The quantitative estimate of drug-likeness (QED) is 0.159. The molecule has 2 aromatic heterocycles. The van der Waals surface area contributed by atoms with Crippen LogP contribution in [-0.4, -0.2) is 41.5 Å². The molecular weight excluding hydrogens is 798 g/mol. The van der Waals surface area contributed by atoms with Crippen molar-refractivity contribution in [3.05, 3.63) is 104 Å². The fraction of sp³-hybridized carbons (Fsp3) is 0.281. The van der Waals surface area contributed by atoms with Crippen LogP contribution in [0.5, 0.6) is 0 Å². The molecule has 0 atom stereocenters. The van der Waals surface area contributed by atoms with Crippen LogP contribution in [0.15, 0.2) is 55.3 Å². The number of rotatable bonds is 6. The first-order valence-electron chi connectivity index (χ1n) is 14.3. The summed E-state index contributed by atoms with van der Waals surface area (Å²) in [5.41, 5.74) is 0.431. The minimum absolute atomic E-state index is 0. The summed E-state index contributed by atoms with van der Waals surface area (Å²) in [6.07, 6.45) is 4.32. The summed E-state index contributed by atoms with van der Waals surface area (Å²) in [7, 11) is 1.74. The Kier molecular flexibility index (Phi) is 10.8. The Hall–Kier alpha value is -4.23. The fourth-order valence-electron chi connectivity index (χ4n) is 4.46. The minimum atomic E-state index is -4.43. The Bertz CT molecular complexity index is 1690. The molecule has 0 aliphatic carbocycles. The molecule has 0 fully saturated rings. The van der Waals surface area contributed by atoms with Crippen LogP contribution in [0.4, 0.5) is 33.3 Å². The number of halogens is 5. The van der Waals surface area contributed by atoms with E-state index in [2.05, 4.69) is 32.3 Å². The zero-order chi connectivity index (χ0) is 33.3. The molecule has 4 heterocycles. The van der Waals surface area contributed by atoms with Gasteiger partial charge in [0.1, 0.15) is 5.82 Å². The van der Waals surface area contributed by atoms with E-state index >= 15 is 0 Å². The van der Waals surface area contributed by atoms with Crippen LogP contribution in [-0.2, 0) is 33.3 Å². The van der Waals surface area contributed by atoms with Crippen LogP contribution < -0.4 is 14.9 Å². The average molecular weight is 829 g/mol. The molecule has 0 amide bonds. The zero-order valence-corrected chi connectivity index (χ0v) is 28.6. The minimum Gasteiger partial charge on any atom is -0.506 e. The third-order valence-electron chi connectivity index (χ3n) is 6.98. The van der Waals surface area contributed by atoms with E-state index in [4.69, 9.17) is 0 Å². The summed E-state index contributed by atoms with van der Waals surface area (Å²) in [5, 5.41) is 7.68. The zero-order valence-electron chi connectivity index (χ0n) is 26.3. The van der Waals surface area contributed by atoms with Gasteiger partial charge >= 0.3 is 6.18 Å². The van der Waals surface area contributed by atoms with E-state index in [1.54, 1.807) is 60.3 Å². The predicted molar refractivity (Wildman–Crippen MR) is 163 cm³/mol. The number of nitrogens with zero attached hydrogens (tertiary/aromatic N) is 9. The second-order valence-corrected chi connectivity index (χ2v) is 11.1. The number of imidazole rings is 1. The van der Waals surface area contributed by atoms with Crippen molar-refractivity contribution in [1.29, 1.82) is 0 Å². The van der Waals surface area contributed by atoms with Gasteiger partial charge in [-0.15, -0.1) is 41.7 Å². The van der Waals surface area contributed by atoms with Crippen molar-refractivity contribution in [1.82, 2.24) is 34.5 Å². The second-order valence-electron chi connectivity index (χ2n) is 11.1. The summed E-state index contributed by atoms with van der Waals surface area (Å²) in [6.45, 7) is 13.3. The summed E-state index contributed by atoms with van der Waals surface area (Å²) >= 11 is 0. The first-order chi connectivity index (χ1) is 21.7. The van der Waals surface area contributed by atoms with E-state index in [9.17, 15) is 22.0 Å². The van der Waals surface area contributed by atoms with Gasteiger partial charge in [0.05, 0.1) is 0 Å². The topological polar surface area (TPSA) is 70.7 Å². The van der Waals surface area contributed by atoms with E-state index in [1.165, 1.54) is 0 Å². The summed E-state index contributed by atoms with van der Waals surface area (Å²) in [5.74, 6) is -0.0467. The maximum absolute atomic E-state index is 13.7. The number of hydrogen-bond acceptors (Lipinski definition) is 7. The SMILES string of the molecule is CC(C)N1C=CN(c2[c-]c(N3C=CN(C(C)C)[CH-]3)cc(C(F)(F)F)c2)[CH-]1.Cc1n[n-]c(-c2nc(-c3[c-]cc(F)cc3F)cn2C)n1.[Ir]. The maximum atomic E-state index is 13.7. The monoisotopic (exact) mass is 829 g/mol. The largest absolute Gasteiger partial charge is 0.506 e. The Morgan fingerprint density at radius 1 is 0.872 bits per heavy atom. The van der Waals surface area contributed by atoms with E-state index < -0.39 is 23.4 Å². The van der Waals surface area contributed by atoms with Gasteiger partial charge in [0, 0.05) is 56.1 Å². The summed E-state index contributed by atoms with van der Waals surface area (Å²) in [6, 6.07) is 10.2. The Balaban J connectivity index is 0.000000215. The van der Waals surface area contributed by atoms with E-state index in [0.717, 1.165) is 24.3 Å². The number of hydrogen-bond donors (Lipinski definition) is 0. The molecule has 2 aliphatic rings. The molecule has 2 aromatic carbocycles. The van der Waals surface area contributed by atoms with Crippen molar-refractivity contribution in [2.24, 2.45) is 7.05 Å². The number of alkyl halides is 3. The van der Waals surface area contributed by atoms with Gasteiger partial charge in [-0.25, -0.2) is 0 Å². The normalized spacial score (nSPS) is 14.4. The third kappa shape index (κ3) is 8.20. The smallest absolute Gasteiger partial charge is 0.394 e. The van der Waals surface area contributed by atoms with Gasteiger partial charge in [-0.2, -0.15) is 26.5 Å². The van der Waals surface area contributed by atoms with Gasteiger partial charge < -0.3 is 34.2 Å². The molecule has 0 spiro atoms. The van der Waals surface area contributed by atoms with E-state index in [1.807, 2.05) is 49.9 Å².